The van der Waals surface area contributed by atoms with Gasteiger partial charge >= 0.3 is 0 Å². The summed E-state index contributed by atoms with van der Waals surface area (Å²) >= 11 is 0. The van der Waals surface area contributed by atoms with Crippen LogP contribution in [-0.2, 0) is 6.54 Å². The van der Waals surface area contributed by atoms with Crippen LogP contribution in [0.5, 0.6) is 0 Å². The van der Waals surface area contributed by atoms with Gasteiger partial charge in [0.15, 0.2) is 0 Å². The molecule has 0 saturated carbocycles. The third kappa shape index (κ3) is 2.93. The van der Waals surface area contributed by atoms with E-state index in [-0.39, 0.29) is 18.4 Å². The van der Waals surface area contributed by atoms with E-state index in [1.165, 1.54) is 4.90 Å². The molecule has 1 aromatic heterocycles. The van der Waals surface area contributed by atoms with Crippen molar-refractivity contribution in [3.05, 3.63) is 108 Å². The number of carbonyl (C=O) groups is 2. The first-order valence-corrected chi connectivity index (χ1v) is 9.37. The molecule has 2 amide bonds. The summed E-state index contributed by atoms with van der Waals surface area (Å²) in [4.78, 5) is 26.9. The van der Waals surface area contributed by atoms with Crippen LogP contribution >= 0.6 is 0 Å². The minimum atomic E-state index is -0.267. The zero-order valence-electron chi connectivity index (χ0n) is 15.5. The van der Waals surface area contributed by atoms with Gasteiger partial charge in [-0.25, -0.2) is 4.68 Å². The van der Waals surface area contributed by atoms with Crippen LogP contribution in [0.2, 0.25) is 0 Å². The number of rotatable bonds is 4. The Kier molecular flexibility index (Phi) is 4.06. The van der Waals surface area contributed by atoms with Gasteiger partial charge in [-0.15, -0.1) is 0 Å². The van der Waals surface area contributed by atoms with Crippen LogP contribution in [0, 0.1) is 0 Å². The standard InChI is InChI=1S/C24H17N3O2/c28-23-20-13-7-8-14-21(20)24(29)26(23)15-18-16-27(19-11-5-2-6-12-19)25-22(18)17-9-3-1-4-10-17/h1-14,16H,15H2. The van der Waals surface area contributed by atoms with Crippen molar-refractivity contribution in [2.24, 2.45) is 0 Å². The van der Waals surface area contributed by atoms with E-state index in [2.05, 4.69) is 0 Å². The minimum Gasteiger partial charge on any atom is -0.270 e. The van der Waals surface area contributed by atoms with Crippen LogP contribution in [0.25, 0.3) is 16.9 Å². The highest BCUT2D eigenvalue weighted by atomic mass is 16.2. The molecular weight excluding hydrogens is 362 g/mol. The molecule has 140 valence electrons. The van der Waals surface area contributed by atoms with Crippen LogP contribution < -0.4 is 0 Å². The third-order valence-corrected chi connectivity index (χ3v) is 5.06. The molecule has 4 aromatic rings. The van der Waals surface area contributed by atoms with Gasteiger partial charge in [0.25, 0.3) is 11.8 Å². The second kappa shape index (κ2) is 6.87. The van der Waals surface area contributed by atoms with Gasteiger partial charge in [-0.05, 0) is 24.3 Å². The van der Waals surface area contributed by atoms with E-state index in [4.69, 9.17) is 5.10 Å². The van der Waals surface area contributed by atoms with E-state index >= 15 is 0 Å². The second-order valence-electron chi connectivity index (χ2n) is 6.89. The van der Waals surface area contributed by atoms with E-state index < -0.39 is 0 Å². The molecule has 0 unspecified atom stereocenters. The first kappa shape index (κ1) is 17.1. The molecule has 0 radical (unpaired) electrons. The lowest BCUT2D eigenvalue weighted by molar-refractivity contribution is 0.0642. The zero-order chi connectivity index (χ0) is 19.8. The maximum Gasteiger partial charge on any atom is 0.261 e. The van der Waals surface area contributed by atoms with Crippen LogP contribution in [0.15, 0.2) is 91.1 Å². The molecule has 0 saturated heterocycles. The van der Waals surface area contributed by atoms with Gasteiger partial charge in [0.1, 0.15) is 0 Å². The monoisotopic (exact) mass is 379 g/mol. The molecule has 0 spiro atoms. The summed E-state index contributed by atoms with van der Waals surface area (Å²) in [7, 11) is 0. The Balaban J connectivity index is 1.57. The number of para-hydroxylation sites is 1. The Hall–Kier alpha value is -3.99. The van der Waals surface area contributed by atoms with Crippen molar-refractivity contribution in [2.45, 2.75) is 6.54 Å². The normalized spacial score (nSPS) is 13.0. The molecular formula is C24H17N3O2. The van der Waals surface area contributed by atoms with Crippen LogP contribution in [0.1, 0.15) is 26.3 Å². The van der Waals surface area contributed by atoms with Crippen LogP contribution in [0.4, 0.5) is 0 Å². The number of aromatic nitrogens is 2. The lowest BCUT2D eigenvalue weighted by atomic mass is 10.1. The van der Waals surface area contributed by atoms with E-state index in [0.717, 1.165) is 22.5 Å². The summed E-state index contributed by atoms with van der Waals surface area (Å²) in [6, 6.07) is 26.5. The number of hydrogen-bond acceptors (Lipinski definition) is 3. The highest BCUT2D eigenvalue weighted by Gasteiger charge is 2.35. The van der Waals surface area contributed by atoms with Gasteiger partial charge in [-0.1, -0.05) is 60.7 Å². The van der Waals surface area contributed by atoms with E-state index in [0.29, 0.717) is 11.1 Å². The number of amides is 2. The highest BCUT2D eigenvalue weighted by Crippen LogP contribution is 2.29. The highest BCUT2D eigenvalue weighted by molar-refractivity contribution is 6.21. The summed E-state index contributed by atoms with van der Waals surface area (Å²) in [6.45, 7) is 0.170. The number of benzene rings is 3. The van der Waals surface area contributed by atoms with Crippen LogP contribution in [0.3, 0.4) is 0 Å². The molecule has 3 aromatic carbocycles. The van der Waals surface area contributed by atoms with Crippen LogP contribution in [-0.4, -0.2) is 26.5 Å². The molecule has 0 fully saturated rings. The molecule has 5 heteroatoms. The first-order chi connectivity index (χ1) is 14.2. The van der Waals surface area contributed by atoms with Gasteiger partial charge in [0, 0.05) is 17.3 Å². The Morgan fingerprint density at radius 1 is 0.690 bits per heavy atom. The Morgan fingerprint density at radius 2 is 1.24 bits per heavy atom. The van der Waals surface area contributed by atoms with Gasteiger partial charge in [-0.3, -0.25) is 14.5 Å². The number of hydrogen-bond donors (Lipinski definition) is 0. The molecule has 1 aliphatic rings. The summed E-state index contributed by atoms with van der Waals surface area (Å²) in [5, 5.41) is 4.76. The molecule has 29 heavy (non-hydrogen) atoms. The summed E-state index contributed by atoms with van der Waals surface area (Å²) in [5.41, 5.74) is 4.33. The topological polar surface area (TPSA) is 55.2 Å². The molecule has 1 aliphatic heterocycles. The number of nitrogens with zero attached hydrogens (tertiary/aromatic N) is 3. The molecule has 0 aliphatic carbocycles. The number of imide groups is 1. The molecule has 0 N–H and O–H groups in total. The fraction of sp³-hybridized carbons (Fsp3) is 0.0417. The molecule has 2 heterocycles. The van der Waals surface area contributed by atoms with E-state index in [1.807, 2.05) is 66.9 Å². The predicted molar refractivity (Wildman–Crippen MR) is 110 cm³/mol. The molecule has 0 atom stereocenters. The molecule has 0 bridgehead atoms. The van der Waals surface area contributed by atoms with Gasteiger partial charge in [0.2, 0.25) is 0 Å². The second-order valence-corrected chi connectivity index (χ2v) is 6.89. The summed E-state index contributed by atoms with van der Waals surface area (Å²) in [6.07, 6.45) is 1.89. The Morgan fingerprint density at radius 3 is 1.86 bits per heavy atom. The quantitative estimate of drug-likeness (QED) is 0.496. The molecule has 5 nitrogen and oxygen atoms in total. The van der Waals surface area contributed by atoms with Crippen molar-refractivity contribution < 1.29 is 9.59 Å². The average molecular weight is 379 g/mol. The van der Waals surface area contributed by atoms with Crippen molar-refractivity contribution in [3.8, 4) is 16.9 Å². The summed E-state index contributed by atoms with van der Waals surface area (Å²) in [5.74, 6) is -0.533. The minimum absolute atomic E-state index is 0.170. The van der Waals surface area contributed by atoms with Gasteiger partial charge in [-0.2, -0.15) is 5.10 Å². The predicted octanol–water partition coefficient (Wildman–Crippen LogP) is 4.34. The van der Waals surface area contributed by atoms with Crippen molar-refractivity contribution in [1.29, 1.82) is 0 Å². The Bertz CT molecular complexity index is 1180. The summed E-state index contributed by atoms with van der Waals surface area (Å²) < 4.78 is 1.79. The van der Waals surface area contributed by atoms with Crippen molar-refractivity contribution in [1.82, 2.24) is 14.7 Å². The van der Waals surface area contributed by atoms with Gasteiger partial charge in [0.05, 0.1) is 29.1 Å². The van der Waals surface area contributed by atoms with Crippen molar-refractivity contribution in [2.75, 3.05) is 0 Å². The van der Waals surface area contributed by atoms with Crippen molar-refractivity contribution >= 4 is 11.8 Å². The van der Waals surface area contributed by atoms with E-state index in [1.54, 1.807) is 28.9 Å². The zero-order valence-corrected chi connectivity index (χ0v) is 15.5. The third-order valence-electron chi connectivity index (χ3n) is 5.06. The number of fused-ring (bicyclic) bond motifs is 1. The largest absolute Gasteiger partial charge is 0.270 e. The first-order valence-electron chi connectivity index (χ1n) is 9.37. The fourth-order valence-electron chi connectivity index (χ4n) is 3.63. The van der Waals surface area contributed by atoms with Crippen molar-refractivity contribution in [3.63, 3.8) is 0 Å². The lowest BCUT2D eigenvalue weighted by Gasteiger charge is -2.13. The van der Waals surface area contributed by atoms with E-state index in [9.17, 15) is 9.59 Å². The lowest BCUT2D eigenvalue weighted by Crippen LogP contribution is -2.29. The SMILES string of the molecule is O=C1c2ccccc2C(=O)N1Cc1cn(-c2ccccc2)nc1-c1ccccc1. The maximum atomic E-state index is 12.8. The fourth-order valence-corrected chi connectivity index (χ4v) is 3.63. The van der Waals surface area contributed by atoms with Gasteiger partial charge < -0.3 is 0 Å². The smallest absolute Gasteiger partial charge is 0.261 e. The number of carbonyl (C=O) groups excluding carboxylic acids is 2. The Labute approximate surface area is 167 Å². The maximum absolute atomic E-state index is 12.8. The molecule has 5 rings (SSSR count). The average Bonchev–Trinajstić information content (AvgIpc) is 3.31.